The van der Waals surface area contributed by atoms with Gasteiger partial charge in [-0.3, -0.25) is 4.79 Å². The van der Waals surface area contributed by atoms with Crippen LogP contribution in [0.4, 0.5) is 14.5 Å². The number of carbonyl (C=O) groups excluding carboxylic acids is 1. The Kier molecular flexibility index (Phi) is 4.47. The van der Waals surface area contributed by atoms with Crippen LogP contribution in [0.15, 0.2) is 12.3 Å². The minimum absolute atomic E-state index is 0.0775. The highest BCUT2D eigenvalue weighted by molar-refractivity contribution is 6.29. The minimum atomic E-state index is -1.08. The molecule has 1 aliphatic heterocycles. The molecule has 9 heteroatoms. The number of methoxy groups -OCH3 is 2. The second-order valence-electron chi connectivity index (χ2n) is 6.29. The molecule has 0 aromatic carbocycles. The van der Waals surface area contributed by atoms with Crippen LogP contribution in [0.25, 0.3) is 0 Å². The number of pyridine rings is 2. The summed E-state index contributed by atoms with van der Waals surface area (Å²) >= 11 is 5.94. The van der Waals surface area contributed by atoms with E-state index in [0.29, 0.717) is 11.1 Å². The van der Waals surface area contributed by atoms with E-state index in [4.69, 9.17) is 21.1 Å². The van der Waals surface area contributed by atoms with Crippen LogP contribution in [0.5, 0.6) is 11.8 Å². The second-order valence-corrected chi connectivity index (χ2v) is 6.67. The first-order chi connectivity index (χ1) is 12.2. The van der Waals surface area contributed by atoms with E-state index in [0.717, 1.165) is 4.90 Å². The molecule has 0 bridgehead atoms. The van der Waals surface area contributed by atoms with Crippen molar-refractivity contribution < 1.29 is 23.0 Å². The Morgan fingerprint density at radius 1 is 1.19 bits per heavy atom. The maximum atomic E-state index is 14.8. The second kappa shape index (κ2) is 6.35. The van der Waals surface area contributed by atoms with Crippen molar-refractivity contribution in [3.8, 4) is 11.8 Å². The van der Waals surface area contributed by atoms with Gasteiger partial charge in [0.2, 0.25) is 17.5 Å². The molecule has 138 valence electrons. The normalized spacial score (nSPS) is 15.7. The molecule has 0 spiro atoms. The molecule has 1 aliphatic rings. The average molecular weight is 384 g/mol. The predicted octanol–water partition coefficient (Wildman–Crippen LogP) is 3.25. The van der Waals surface area contributed by atoms with E-state index in [9.17, 15) is 13.6 Å². The molecule has 26 heavy (non-hydrogen) atoms. The van der Waals surface area contributed by atoms with Crippen molar-refractivity contribution >= 4 is 23.2 Å². The molecular formula is C17H16ClF2N3O3. The molecule has 2 aromatic rings. The van der Waals surface area contributed by atoms with Crippen LogP contribution < -0.4 is 14.4 Å². The Morgan fingerprint density at radius 3 is 2.31 bits per heavy atom. The highest BCUT2D eigenvalue weighted by Gasteiger charge is 2.43. The van der Waals surface area contributed by atoms with Crippen LogP contribution >= 0.6 is 11.6 Å². The van der Waals surface area contributed by atoms with Crippen molar-refractivity contribution in [1.82, 2.24) is 9.97 Å². The summed E-state index contributed by atoms with van der Waals surface area (Å²) in [4.78, 5) is 21.7. The lowest BCUT2D eigenvalue weighted by molar-refractivity contribution is -0.123. The number of halogens is 3. The smallest absolute Gasteiger partial charge is 0.255 e. The SMILES string of the molecule is COc1nc(OC)c(F)c(N2Cc3cnc(Cl)cc3C(C)(C)C2=O)c1F. The quantitative estimate of drug-likeness (QED) is 0.761. The fourth-order valence-corrected chi connectivity index (χ4v) is 3.20. The number of hydrogen-bond acceptors (Lipinski definition) is 5. The van der Waals surface area contributed by atoms with Crippen LogP contribution in [0.1, 0.15) is 25.0 Å². The van der Waals surface area contributed by atoms with E-state index in [1.54, 1.807) is 19.9 Å². The number of carbonyl (C=O) groups is 1. The summed E-state index contributed by atoms with van der Waals surface area (Å²) < 4.78 is 39.3. The van der Waals surface area contributed by atoms with E-state index in [2.05, 4.69) is 9.97 Å². The van der Waals surface area contributed by atoms with Crippen molar-refractivity contribution in [3.63, 3.8) is 0 Å². The first kappa shape index (κ1) is 18.3. The third-order valence-corrected chi connectivity index (χ3v) is 4.59. The fourth-order valence-electron chi connectivity index (χ4n) is 3.04. The van der Waals surface area contributed by atoms with Crippen molar-refractivity contribution in [2.24, 2.45) is 0 Å². The lowest BCUT2D eigenvalue weighted by atomic mass is 9.78. The van der Waals surface area contributed by atoms with Gasteiger partial charge in [-0.15, -0.1) is 0 Å². The van der Waals surface area contributed by atoms with E-state index < -0.39 is 40.4 Å². The summed E-state index contributed by atoms with van der Waals surface area (Å²) in [6.07, 6.45) is 1.49. The lowest BCUT2D eigenvalue weighted by Gasteiger charge is -2.39. The molecular weight excluding hydrogens is 368 g/mol. The maximum absolute atomic E-state index is 14.8. The Labute approximate surface area is 153 Å². The van der Waals surface area contributed by atoms with Crippen LogP contribution in [-0.4, -0.2) is 30.1 Å². The molecule has 0 saturated heterocycles. The van der Waals surface area contributed by atoms with Gasteiger partial charge >= 0.3 is 0 Å². The monoisotopic (exact) mass is 383 g/mol. The van der Waals surface area contributed by atoms with Gasteiger partial charge < -0.3 is 14.4 Å². The standard InChI is InChI=1S/C17H16ClF2N3O3/c1-17(2)9-5-10(18)21-6-8(9)7-23(16(17)24)13-11(19)14(25-3)22-15(26-4)12(13)20/h5-6H,7H2,1-4H3. The lowest BCUT2D eigenvalue weighted by Crippen LogP contribution is -2.48. The molecule has 0 unspecified atom stereocenters. The largest absolute Gasteiger partial charge is 0.479 e. The van der Waals surface area contributed by atoms with Crippen molar-refractivity contribution in [1.29, 1.82) is 0 Å². The van der Waals surface area contributed by atoms with Gasteiger partial charge in [0.25, 0.3) is 11.8 Å². The molecule has 1 amide bonds. The Balaban J connectivity index is 2.23. The van der Waals surface area contributed by atoms with Gasteiger partial charge in [0.15, 0.2) is 0 Å². The van der Waals surface area contributed by atoms with Crippen LogP contribution in [0.3, 0.4) is 0 Å². The van der Waals surface area contributed by atoms with Gasteiger partial charge in [-0.2, -0.15) is 13.8 Å². The molecule has 0 aliphatic carbocycles. The molecule has 0 radical (unpaired) electrons. The molecule has 2 aromatic heterocycles. The zero-order valence-electron chi connectivity index (χ0n) is 14.6. The van der Waals surface area contributed by atoms with Crippen LogP contribution in [-0.2, 0) is 16.8 Å². The first-order valence-electron chi connectivity index (χ1n) is 7.66. The third-order valence-electron chi connectivity index (χ3n) is 4.39. The summed E-state index contributed by atoms with van der Waals surface area (Å²) in [7, 11) is 2.38. The number of aromatic nitrogens is 2. The average Bonchev–Trinajstić information content (AvgIpc) is 2.60. The summed E-state index contributed by atoms with van der Waals surface area (Å²) in [5, 5.41) is 0.239. The molecule has 6 nitrogen and oxygen atoms in total. The van der Waals surface area contributed by atoms with Gasteiger partial charge in [-0.05, 0) is 31.0 Å². The number of fused-ring (bicyclic) bond motifs is 1. The number of rotatable bonds is 3. The summed E-state index contributed by atoms with van der Waals surface area (Å²) in [6.45, 7) is 3.23. The van der Waals surface area contributed by atoms with Gasteiger partial charge in [-0.1, -0.05) is 11.6 Å². The predicted molar refractivity (Wildman–Crippen MR) is 90.7 cm³/mol. The fraction of sp³-hybridized carbons (Fsp3) is 0.353. The summed E-state index contributed by atoms with van der Waals surface area (Å²) in [5.41, 5.74) is -0.351. The van der Waals surface area contributed by atoms with Crippen LogP contribution in [0, 0.1) is 11.6 Å². The van der Waals surface area contributed by atoms with Gasteiger partial charge in [0.1, 0.15) is 10.8 Å². The zero-order valence-corrected chi connectivity index (χ0v) is 15.3. The molecule has 0 fully saturated rings. The van der Waals surface area contributed by atoms with Crippen molar-refractivity contribution in [2.45, 2.75) is 25.8 Å². The molecule has 3 rings (SSSR count). The zero-order chi connectivity index (χ0) is 19.2. The highest BCUT2D eigenvalue weighted by atomic mass is 35.5. The molecule has 0 atom stereocenters. The number of hydrogen-bond donors (Lipinski definition) is 0. The topological polar surface area (TPSA) is 64.6 Å². The minimum Gasteiger partial charge on any atom is -0.479 e. The summed E-state index contributed by atoms with van der Waals surface area (Å²) in [6, 6.07) is 1.59. The van der Waals surface area contributed by atoms with E-state index in [1.807, 2.05) is 0 Å². The Hall–Kier alpha value is -2.48. The van der Waals surface area contributed by atoms with E-state index >= 15 is 0 Å². The van der Waals surface area contributed by atoms with Gasteiger partial charge in [0.05, 0.1) is 26.2 Å². The third kappa shape index (κ3) is 2.65. The van der Waals surface area contributed by atoms with Crippen molar-refractivity contribution in [3.05, 3.63) is 40.2 Å². The molecule has 0 saturated carbocycles. The van der Waals surface area contributed by atoms with Gasteiger partial charge in [-0.25, -0.2) is 4.98 Å². The summed E-state index contributed by atoms with van der Waals surface area (Å²) in [5.74, 6) is -3.60. The number of amides is 1. The number of anilines is 1. The number of nitrogens with zero attached hydrogens (tertiary/aromatic N) is 3. The Morgan fingerprint density at radius 2 is 1.77 bits per heavy atom. The van der Waals surface area contributed by atoms with Crippen LogP contribution in [0.2, 0.25) is 5.15 Å². The maximum Gasteiger partial charge on any atom is 0.255 e. The first-order valence-corrected chi connectivity index (χ1v) is 8.04. The van der Waals surface area contributed by atoms with E-state index in [1.165, 1.54) is 20.4 Å². The Bertz CT molecular complexity index is 877. The highest BCUT2D eigenvalue weighted by Crippen LogP contribution is 2.41. The van der Waals surface area contributed by atoms with Gasteiger partial charge in [0, 0.05) is 6.20 Å². The number of ether oxygens (including phenoxy) is 2. The van der Waals surface area contributed by atoms with Crippen molar-refractivity contribution in [2.75, 3.05) is 19.1 Å². The van der Waals surface area contributed by atoms with E-state index in [-0.39, 0.29) is 11.7 Å². The molecule has 3 heterocycles. The molecule has 0 N–H and O–H groups in total.